The first-order valence-electron chi connectivity index (χ1n) is 7.08. The van der Waals surface area contributed by atoms with Crippen molar-refractivity contribution in [2.24, 2.45) is 11.8 Å². The summed E-state index contributed by atoms with van der Waals surface area (Å²) < 4.78 is 5.34. The molecule has 1 N–H and O–H groups in total. The molecule has 2 heteroatoms. The maximum absolute atomic E-state index is 5.34. The van der Waals surface area contributed by atoms with Crippen molar-refractivity contribution in [2.45, 2.75) is 64.0 Å². The predicted octanol–water partition coefficient (Wildman–Crippen LogP) is 2.97. The number of methoxy groups -OCH3 is 1. The number of ether oxygens (including phenoxy) is 1. The van der Waals surface area contributed by atoms with Gasteiger partial charge in [-0.15, -0.1) is 0 Å². The van der Waals surface area contributed by atoms with Crippen molar-refractivity contribution in [2.75, 3.05) is 13.7 Å². The van der Waals surface area contributed by atoms with Gasteiger partial charge in [-0.05, 0) is 37.5 Å². The number of hydrogen-bond donors (Lipinski definition) is 1. The molecule has 16 heavy (non-hydrogen) atoms. The minimum atomic E-state index is 0.630. The van der Waals surface area contributed by atoms with Crippen molar-refractivity contribution in [1.82, 2.24) is 5.32 Å². The topological polar surface area (TPSA) is 21.3 Å². The van der Waals surface area contributed by atoms with E-state index in [4.69, 9.17) is 4.74 Å². The third-order valence-electron chi connectivity index (χ3n) is 4.35. The summed E-state index contributed by atoms with van der Waals surface area (Å²) in [7, 11) is 1.83. The van der Waals surface area contributed by atoms with Crippen molar-refractivity contribution in [1.29, 1.82) is 0 Å². The molecule has 0 bridgehead atoms. The minimum Gasteiger partial charge on any atom is -0.383 e. The largest absolute Gasteiger partial charge is 0.383 e. The second-order valence-corrected chi connectivity index (χ2v) is 5.70. The zero-order valence-corrected chi connectivity index (χ0v) is 10.9. The van der Waals surface area contributed by atoms with Gasteiger partial charge in [0.2, 0.25) is 0 Å². The van der Waals surface area contributed by atoms with Gasteiger partial charge in [0.15, 0.2) is 0 Å². The van der Waals surface area contributed by atoms with Crippen LogP contribution in [0.25, 0.3) is 0 Å². The average molecular weight is 225 g/mol. The molecule has 0 aliphatic heterocycles. The molecule has 0 amide bonds. The molecule has 0 aromatic carbocycles. The first kappa shape index (κ1) is 12.4. The monoisotopic (exact) mass is 225 g/mol. The third-order valence-corrected chi connectivity index (χ3v) is 4.35. The van der Waals surface area contributed by atoms with E-state index in [0.29, 0.717) is 6.04 Å². The van der Waals surface area contributed by atoms with Gasteiger partial charge < -0.3 is 10.1 Å². The SMILES string of the molecule is CCC1CCCC(NC(COC)C2CC2)C1. The van der Waals surface area contributed by atoms with Gasteiger partial charge in [-0.25, -0.2) is 0 Å². The molecule has 0 spiro atoms. The van der Waals surface area contributed by atoms with Crippen LogP contribution in [0.4, 0.5) is 0 Å². The molecule has 2 saturated carbocycles. The first-order chi connectivity index (χ1) is 7.83. The van der Waals surface area contributed by atoms with E-state index < -0.39 is 0 Å². The molecule has 3 atom stereocenters. The van der Waals surface area contributed by atoms with Crippen LogP contribution in [0, 0.1) is 11.8 Å². The lowest BCUT2D eigenvalue weighted by Crippen LogP contribution is -2.44. The summed E-state index contributed by atoms with van der Waals surface area (Å²) in [5.74, 6) is 1.87. The maximum Gasteiger partial charge on any atom is 0.0618 e. The molecule has 0 aromatic rings. The third kappa shape index (κ3) is 3.46. The highest BCUT2D eigenvalue weighted by Crippen LogP contribution is 2.34. The summed E-state index contributed by atoms with van der Waals surface area (Å²) in [4.78, 5) is 0. The van der Waals surface area contributed by atoms with Gasteiger partial charge in [-0.3, -0.25) is 0 Å². The Kier molecular flexibility index (Phi) is 4.66. The van der Waals surface area contributed by atoms with Crippen molar-refractivity contribution >= 4 is 0 Å². The standard InChI is InChI=1S/C14H27NO/c1-3-11-5-4-6-13(9-11)15-14(10-16-2)12-7-8-12/h11-15H,3-10H2,1-2H3. The van der Waals surface area contributed by atoms with Gasteiger partial charge in [0.25, 0.3) is 0 Å². The second-order valence-electron chi connectivity index (χ2n) is 5.70. The smallest absolute Gasteiger partial charge is 0.0618 e. The van der Waals surface area contributed by atoms with Gasteiger partial charge in [0.05, 0.1) is 6.61 Å². The molecule has 2 nitrogen and oxygen atoms in total. The Morgan fingerprint density at radius 2 is 2.06 bits per heavy atom. The van der Waals surface area contributed by atoms with Gasteiger partial charge in [0.1, 0.15) is 0 Å². The van der Waals surface area contributed by atoms with Crippen LogP contribution in [0.15, 0.2) is 0 Å². The number of nitrogens with one attached hydrogen (secondary N) is 1. The molecule has 2 rings (SSSR count). The summed E-state index contributed by atoms with van der Waals surface area (Å²) >= 11 is 0. The van der Waals surface area contributed by atoms with E-state index in [0.717, 1.165) is 24.5 Å². The summed E-state index contributed by atoms with van der Waals surface area (Å²) in [6.07, 6.45) is 9.81. The van der Waals surface area contributed by atoms with Gasteiger partial charge >= 0.3 is 0 Å². The maximum atomic E-state index is 5.34. The molecular weight excluding hydrogens is 198 g/mol. The normalized spacial score (nSPS) is 32.6. The van der Waals surface area contributed by atoms with Crippen LogP contribution < -0.4 is 5.32 Å². The highest BCUT2D eigenvalue weighted by Gasteiger charge is 2.33. The molecule has 0 heterocycles. The van der Waals surface area contributed by atoms with E-state index in [2.05, 4.69) is 12.2 Å². The number of rotatable bonds is 6. The van der Waals surface area contributed by atoms with Gasteiger partial charge in [-0.1, -0.05) is 26.2 Å². The van der Waals surface area contributed by atoms with E-state index in [1.54, 1.807) is 0 Å². The molecule has 2 aliphatic rings. The Balaban J connectivity index is 1.77. The van der Waals surface area contributed by atoms with Crippen LogP contribution in [-0.4, -0.2) is 25.8 Å². The molecular formula is C14H27NO. The van der Waals surface area contributed by atoms with Crippen LogP contribution in [0.5, 0.6) is 0 Å². The zero-order valence-electron chi connectivity index (χ0n) is 10.9. The Hall–Kier alpha value is -0.0800. The molecule has 0 saturated heterocycles. The van der Waals surface area contributed by atoms with Crippen molar-refractivity contribution in [3.63, 3.8) is 0 Å². The lowest BCUT2D eigenvalue weighted by Gasteiger charge is -2.32. The quantitative estimate of drug-likeness (QED) is 0.750. The predicted molar refractivity (Wildman–Crippen MR) is 67.6 cm³/mol. The lowest BCUT2D eigenvalue weighted by atomic mass is 9.84. The van der Waals surface area contributed by atoms with E-state index in [1.165, 1.54) is 44.9 Å². The minimum absolute atomic E-state index is 0.630. The lowest BCUT2D eigenvalue weighted by molar-refractivity contribution is 0.141. The van der Waals surface area contributed by atoms with Crippen LogP contribution in [0.3, 0.4) is 0 Å². The van der Waals surface area contributed by atoms with Crippen molar-refractivity contribution in [3.05, 3.63) is 0 Å². The Bertz CT molecular complexity index is 203. The first-order valence-corrected chi connectivity index (χ1v) is 7.08. The Labute approximate surface area is 100 Å². The highest BCUT2D eigenvalue weighted by molar-refractivity contribution is 4.89. The van der Waals surface area contributed by atoms with Crippen molar-refractivity contribution in [3.8, 4) is 0 Å². The summed E-state index contributed by atoms with van der Waals surface area (Å²) in [5.41, 5.74) is 0. The zero-order chi connectivity index (χ0) is 11.4. The van der Waals surface area contributed by atoms with E-state index in [-0.39, 0.29) is 0 Å². The van der Waals surface area contributed by atoms with E-state index >= 15 is 0 Å². The molecule has 0 aromatic heterocycles. The van der Waals surface area contributed by atoms with Gasteiger partial charge in [-0.2, -0.15) is 0 Å². The summed E-state index contributed by atoms with van der Waals surface area (Å²) in [6.45, 7) is 3.23. The summed E-state index contributed by atoms with van der Waals surface area (Å²) in [5, 5.41) is 3.86. The van der Waals surface area contributed by atoms with Crippen LogP contribution >= 0.6 is 0 Å². The van der Waals surface area contributed by atoms with E-state index in [1.807, 2.05) is 7.11 Å². The highest BCUT2D eigenvalue weighted by atomic mass is 16.5. The van der Waals surface area contributed by atoms with Gasteiger partial charge in [0, 0.05) is 19.2 Å². The van der Waals surface area contributed by atoms with E-state index in [9.17, 15) is 0 Å². The fourth-order valence-electron chi connectivity index (χ4n) is 3.11. The molecule has 3 unspecified atom stereocenters. The molecule has 0 radical (unpaired) electrons. The summed E-state index contributed by atoms with van der Waals surface area (Å²) in [6, 6.07) is 1.39. The average Bonchev–Trinajstić information content (AvgIpc) is 3.13. The van der Waals surface area contributed by atoms with Crippen molar-refractivity contribution < 1.29 is 4.74 Å². The number of hydrogen-bond acceptors (Lipinski definition) is 2. The fraction of sp³-hybridized carbons (Fsp3) is 1.00. The molecule has 2 aliphatic carbocycles. The van der Waals surface area contributed by atoms with Crippen LogP contribution in [-0.2, 0) is 4.74 Å². The second kappa shape index (κ2) is 6.02. The molecule has 94 valence electrons. The van der Waals surface area contributed by atoms with Crippen LogP contribution in [0.1, 0.15) is 51.9 Å². The Morgan fingerprint density at radius 1 is 1.25 bits per heavy atom. The Morgan fingerprint density at radius 3 is 2.69 bits per heavy atom. The van der Waals surface area contributed by atoms with Crippen LogP contribution in [0.2, 0.25) is 0 Å². The molecule has 2 fully saturated rings. The fourth-order valence-corrected chi connectivity index (χ4v) is 3.11.